The molecule has 1 aromatic carbocycles. The first kappa shape index (κ1) is 12.5. The average molecular weight is 273 g/mol. The van der Waals surface area contributed by atoms with Crippen LogP contribution in [0.15, 0.2) is 18.2 Å². The first-order valence-electron chi connectivity index (χ1n) is 8.01. The van der Waals surface area contributed by atoms with E-state index < -0.39 is 0 Å². The lowest BCUT2D eigenvalue weighted by atomic mass is 9.77. The predicted molar refractivity (Wildman–Crippen MR) is 77.8 cm³/mol. The third kappa shape index (κ3) is 1.91. The Kier molecular flexibility index (Phi) is 2.75. The van der Waals surface area contributed by atoms with E-state index in [0.29, 0.717) is 0 Å². The first-order valence-corrected chi connectivity index (χ1v) is 8.01. The van der Waals surface area contributed by atoms with Crippen molar-refractivity contribution >= 4 is 0 Å². The van der Waals surface area contributed by atoms with Gasteiger partial charge in [0.1, 0.15) is 0 Å². The van der Waals surface area contributed by atoms with Crippen molar-refractivity contribution in [3.8, 4) is 11.5 Å². The summed E-state index contributed by atoms with van der Waals surface area (Å²) < 4.78 is 12.2. The van der Waals surface area contributed by atoms with Crippen LogP contribution in [-0.2, 0) is 5.54 Å². The fourth-order valence-electron chi connectivity index (χ4n) is 3.99. The molecule has 0 amide bonds. The minimum Gasteiger partial charge on any atom is -0.448 e. The number of nitrogens with two attached hydrogens (primary N) is 1. The zero-order valence-corrected chi connectivity index (χ0v) is 12.0. The number of ether oxygens (including phenoxy) is 2. The summed E-state index contributed by atoms with van der Waals surface area (Å²) in [6.45, 7) is 0. The van der Waals surface area contributed by atoms with Crippen LogP contribution in [0.4, 0.5) is 0 Å². The Morgan fingerprint density at radius 1 is 0.800 bits per heavy atom. The third-order valence-corrected chi connectivity index (χ3v) is 5.22. The molecule has 1 spiro atoms. The van der Waals surface area contributed by atoms with E-state index in [2.05, 4.69) is 18.2 Å². The predicted octanol–water partition coefficient (Wildman–Crippen LogP) is 3.85. The lowest BCUT2D eigenvalue weighted by Gasteiger charge is -2.34. The lowest BCUT2D eigenvalue weighted by Crippen LogP contribution is -2.38. The van der Waals surface area contributed by atoms with Gasteiger partial charge in [0.05, 0.1) is 0 Å². The van der Waals surface area contributed by atoms with Crippen molar-refractivity contribution in [1.82, 2.24) is 0 Å². The summed E-state index contributed by atoms with van der Waals surface area (Å²) in [5.74, 6) is 1.44. The zero-order valence-electron chi connectivity index (χ0n) is 12.0. The second-order valence-corrected chi connectivity index (χ2v) is 6.70. The van der Waals surface area contributed by atoms with Gasteiger partial charge in [0.15, 0.2) is 11.5 Å². The smallest absolute Gasteiger partial charge is 0.251 e. The molecule has 3 nitrogen and oxygen atoms in total. The van der Waals surface area contributed by atoms with Crippen LogP contribution in [-0.4, -0.2) is 5.79 Å². The number of hydrogen-bond acceptors (Lipinski definition) is 3. The monoisotopic (exact) mass is 273 g/mol. The summed E-state index contributed by atoms with van der Waals surface area (Å²) in [6, 6.07) is 6.33. The quantitative estimate of drug-likeness (QED) is 0.845. The Bertz CT molecular complexity index is 514. The summed E-state index contributed by atoms with van der Waals surface area (Å²) in [5, 5.41) is 0. The maximum atomic E-state index is 6.62. The Hall–Kier alpha value is -1.22. The fourth-order valence-corrected chi connectivity index (χ4v) is 3.99. The second-order valence-electron chi connectivity index (χ2n) is 6.70. The van der Waals surface area contributed by atoms with Crippen LogP contribution in [0.5, 0.6) is 11.5 Å². The van der Waals surface area contributed by atoms with Crippen molar-refractivity contribution in [2.24, 2.45) is 5.73 Å². The molecular weight excluding hydrogens is 250 g/mol. The highest BCUT2D eigenvalue weighted by molar-refractivity contribution is 5.48. The van der Waals surface area contributed by atoms with Crippen LogP contribution in [0.25, 0.3) is 0 Å². The standard InChI is InChI=1S/C17H23NO2/c18-16(8-2-1-3-9-16)13-6-7-14-15(12-13)20-17(19-14)10-4-5-11-17/h6-7,12H,1-5,8-11,18H2. The Labute approximate surface area is 120 Å². The molecule has 3 aliphatic rings. The van der Waals surface area contributed by atoms with E-state index >= 15 is 0 Å². The molecule has 0 atom stereocenters. The largest absolute Gasteiger partial charge is 0.448 e. The molecule has 2 fully saturated rings. The average Bonchev–Trinajstić information content (AvgIpc) is 3.05. The minimum absolute atomic E-state index is 0.165. The van der Waals surface area contributed by atoms with Crippen molar-refractivity contribution in [2.45, 2.75) is 69.1 Å². The summed E-state index contributed by atoms with van der Waals surface area (Å²) in [5.41, 5.74) is 7.68. The van der Waals surface area contributed by atoms with Crippen molar-refractivity contribution in [2.75, 3.05) is 0 Å². The van der Waals surface area contributed by atoms with Crippen molar-refractivity contribution in [3.05, 3.63) is 23.8 Å². The highest BCUT2D eigenvalue weighted by Gasteiger charge is 2.44. The topological polar surface area (TPSA) is 44.5 Å². The number of hydrogen-bond donors (Lipinski definition) is 1. The van der Waals surface area contributed by atoms with E-state index in [1.54, 1.807) is 0 Å². The van der Waals surface area contributed by atoms with Gasteiger partial charge in [-0.25, -0.2) is 0 Å². The maximum absolute atomic E-state index is 6.62. The molecule has 0 unspecified atom stereocenters. The van der Waals surface area contributed by atoms with Crippen LogP contribution >= 0.6 is 0 Å². The molecule has 0 radical (unpaired) electrons. The molecule has 2 aliphatic carbocycles. The van der Waals surface area contributed by atoms with Gasteiger partial charge in [0.25, 0.3) is 5.79 Å². The Morgan fingerprint density at radius 2 is 1.45 bits per heavy atom. The van der Waals surface area contributed by atoms with Gasteiger partial charge in [0, 0.05) is 18.4 Å². The maximum Gasteiger partial charge on any atom is 0.251 e. The summed E-state index contributed by atoms with van der Waals surface area (Å²) in [6.07, 6.45) is 10.3. The van der Waals surface area contributed by atoms with Crippen LogP contribution in [0.1, 0.15) is 63.4 Å². The normalized spacial score (nSPS) is 26.1. The molecule has 4 rings (SSSR count). The van der Waals surface area contributed by atoms with E-state index in [1.165, 1.54) is 37.7 Å². The zero-order chi connectivity index (χ0) is 13.6. The molecular formula is C17H23NO2. The third-order valence-electron chi connectivity index (χ3n) is 5.22. The van der Waals surface area contributed by atoms with E-state index in [1.807, 2.05) is 0 Å². The van der Waals surface area contributed by atoms with Gasteiger partial charge in [0.2, 0.25) is 0 Å². The van der Waals surface area contributed by atoms with Crippen LogP contribution < -0.4 is 15.2 Å². The number of fused-ring (bicyclic) bond motifs is 1. The molecule has 2 N–H and O–H groups in total. The SMILES string of the molecule is NC1(c2ccc3c(c2)OC2(CCCC2)O3)CCCCC1. The van der Waals surface area contributed by atoms with E-state index in [9.17, 15) is 0 Å². The molecule has 3 heteroatoms. The van der Waals surface area contributed by atoms with Gasteiger partial charge in [-0.2, -0.15) is 0 Å². The van der Waals surface area contributed by atoms with Gasteiger partial charge in [-0.3, -0.25) is 0 Å². The van der Waals surface area contributed by atoms with Crippen LogP contribution in [0, 0.1) is 0 Å². The van der Waals surface area contributed by atoms with Gasteiger partial charge in [-0.05, 0) is 43.4 Å². The van der Waals surface area contributed by atoms with E-state index in [4.69, 9.17) is 15.2 Å². The molecule has 108 valence electrons. The first-order chi connectivity index (χ1) is 9.69. The Morgan fingerprint density at radius 3 is 2.20 bits per heavy atom. The molecule has 1 heterocycles. The molecule has 20 heavy (non-hydrogen) atoms. The Balaban J connectivity index is 1.63. The summed E-state index contributed by atoms with van der Waals surface area (Å²) in [4.78, 5) is 0. The van der Waals surface area contributed by atoms with Crippen molar-refractivity contribution in [1.29, 1.82) is 0 Å². The highest BCUT2D eigenvalue weighted by atomic mass is 16.7. The van der Waals surface area contributed by atoms with E-state index in [0.717, 1.165) is 37.2 Å². The fraction of sp³-hybridized carbons (Fsp3) is 0.647. The van der Waals surface area contributed by atoms with Crippen LogP contribution in [0.2, 0.25) is 0 Å². The molecule has 0 saturated heterocycles. The second kappa shape index (κ2) is 4.39. The highest BCUT2D eigenvalue weighted by Crippen LogP contribution is 2.48. The van der Waals surface area contributed by atoms with Gasteiger partial charge >= 0.3 is 0 Å². The van der Waals surface area contributed by atoms with Gasteiger partial charge in [-0.15, -0.1) is 0 Å². The van der Waals surface area contributed by atoms with Crippen LogP contribution in [0.3, 0.4) is 0 Å². The minimum atomic E-state index is -0.366. The molecule has 1 aromatic rings. The number of benzene rings is 1. The summed E-state index contributed by atoms with van der Waals surface area (Å²) in [7, 11) is 0. The van der Waals surface area contributed by atoms with E-state index in [-0.39, 0.29) is 11.3 Å². The molecule has 2 saturated carbocycles. The molecule has 0 bridgehead atoms. The van der Waals surface area contributed by atoms with Crippen molar-refractivity contribution in [3.63, 3.8) is 0 Å². The lowest BCUT2D eigenvalue weighted by molar-refractivity contribution is -0.0716. The van der Waals surface area contributed by atoms with Gasteiger partial charge < -0.3 is 15.2 Å². The molecule has 0 aromatic heterocycles. The van der Waals surface area contributed by atoms with Gasteiger partial charge in [-0.1, -0.05) is 25.3 Å². The molecule has 1 aliphatic heterocycles. The number of rotatable bonds is 1. The van der Waals surface area contributed by atoms with Crippen molar-refractivity contribution < 1.29 is 9.47 Å². The summed E-state index contributed by atoms with van der Waals surface area (Å²) >= 11 is 0.